The Kier molecular flexibility index (Phi) is 7.85. The molecule has 0 saturated carbocycles. The number of nitrogens with zero attached hydrogens (tertiary/aromatic N) is 5. The van der Waals surface area contributed by atoms with Gasteiger partial charge in [0.15, 0.2) is 21.0 Å². The zero-order chi connectivity index (χ0) is 25.3. The predicted molar refractivity (Wildman–Crippen MR) is 135 cm³/mol. The molecule has 2 aromatic heterocycles. The second-order valence-electron chi connectivity index (χ2n) is 7.28. The third-order valence-electron chi connectivity index (χ3n) is 5.36. The highest BCUT2D eigenvalue weighted by atomic mass is 35.5. The summed E-state index contributed by atoms with van der Waals surface area (Å²) in [5.41, 5.74) is 5.11. The normalized spacial score (nSPS) is 20.0. The van der Waals surface area contributed by atoms with Gasteiger partial charge in [0.2, 0.25) is 11.0 Å². The van der Waals surface area contributed by atoms with Gasteiger partial charge in [-0.2, -0.15) is 0 Å². The van der Waals surface area contributed by atoms with Crippen LogP contribution in [0.5, 0.6) is 0 Å². The lowest BCUT2D eigenvalue weighted by Crippen LogP contribution is -2.63. The van der Waals surface area contributed by atoms with Crippen molar-refractivity contribution < 1.29 is 24.7 Å². The summed E-state index contributed by atoms with van der Waals surface area (Å²) in [5.74, 6) is -3.02. The van der Waals surface area contributed by atoms with Gasteiger partial charge < -0.3 is 26.3 Å². The van der Waals surface area contributed by atoms with Gasteiger partial charge in [-0.15, -0.1) is 22.0 Å². The lowest BCUT2D eigenvalue weighted by molar-refractivity contribution is -0.159. The second-order valence-corrected chi connectivity index (χ2v) is 12.5. The van der Waals surface area contributed by atoms with E-state index in [0.29, 0.717) is 28.0 Å². The number of nitrogens with one attached hydrogen (secondary N) is 1. The lowest BCUT2D eigenvalue weighted by Gasteiger charge is -2.50. The molecule has 2 aliphatic heterocycles. The number of nitrogens with two attached hydrogens (primary N) is 1. The van der Waals surface area contributed by atoms with E-state index in [1.165, 1.54) is 39.8 Å². The molecule has 0 radical (unpaired) electrons. The molecule has 0 bridgehead atoms. The molecular formula is C18H18ClN7O5S4. The summed E-state index contributed by atoms with van der Waals surface area (Å²) in [6, 6.07) is -0.438. The molecule has 35 heavy (non-hydrogen) atoms. The molecule has 1 fully saturated rings. The molecule has 0 spiro atoms. The summed E-state index contributed by atoms with van der Waals surface area (Å²) in [7, 11) is 1.75. The van der Waals surface area contributed by atoms with Crippen LogP contribution >= 0.6 is 57.8 Å². The minimum Gasteiger partial charge on any atom is -0.477 e. The SMILES string of the molecule is CNc1nnc(SCSC2=C(C(=O)O)N3C(=O)C(CC(=O)/C(=N\O)c4nc(N)sc4Cl)C3CC2)s1. The number of oxime groups is 1. The van der Waals surface area contributed by atoms with Crippen molar-refractivity contribution in [1.29, 1.82) is 0 Å². The number of fused-ring (bicyclic) bond motifs is 1. The van der Waals surface area contributed by atoms with Crippen LogP contribution in [-0.2, 0) is 14.4 Å². The molecule has 17 heteroatoms. The number of amides is 1. The van der Waals surface area contributed by atoms with Crippen LogP contribution in [0.1, 0.15) is 25.0 Å². The number of Topliss-reactive ketones (excluding diaryl/α,β-unsaturated/α-hetero) is 1. The average molecular weight is 576 g/mol. The standard InChI is InChI=1S/C18H18ClN7O5S4/c1-21-17-23-24-18(35-17)33-5-32-9-3-2-7-6(14(28)26(7)12(9)15(29)30)4-8(27)10(25-31)11-13(19)34-16(20)22-11/h6-7,31H,2-5H2,1H3,(H2,20,22)(H,21,23)(H,29,30)/b25-10+. The number of aliphatic carboxylic acids is 1. The highest BCUT2D eigenvalue weighted by Crippen LogP contribution is 2.45. The smallest absolute Gasteiger partial charge is 0.353 e. The maximum Gasteiger partial charge on any atom is 0.353 e. The van der Waals surface area contributed by atoms with Crippen molar-refractivity contribution in [2.75, 3.05) is 23.2 Å². The van der Waals surface area contributed by atoms with E-state index in [9.17, 15) is 24.7 Å². The third kappa shape index (κ3) is 5.11. The molecule has 2 aliphatic rings. The number of ketones is 1. The van der Waals surface area contributed by atoms with Gasteiger partial charge in [-0.3, -0.25) is 9.59 Å². The fourth-order valence-electron chi connectivity index (χ4n) is 3.84. The maximum absolute atomic E-state index is 12.9. The van der Waals surface area contributed by atoms with Gasteiger partial charge in [-0.25, -0.2) is 9.78 Å². The largest absolute Gasteiger partial charge is 0.477 e. The van der Waals surface area contributed by atoms with Crippen LogP contribution in [0, 0.1) is 5.92 Å². The number of hydrogen-bond donors (Lipinski definition) is 4. The zero-order valence-corrected chi connectivity index (χ0v) is 21.9. The number of thiazole rings is 1. The van der Waals surface area contributed by atoms with E-state index < -0.39 is 29.6 Å². The average Bonchev–Trinajstić information content (AvgIpc) is 3.42. The Labute approximate surface area is 220 Å². The number of anilines is 2. The summed E-state index contributed by atoms with van der Waals surface area (Å²) in [6.07, 6.45) is 0.703. The first kappa shape index (κ1) is 25.7. The van der Waals surface area contributed by atoms with E-state index in [1.807, 2.05) is 0 Å². The monoisotopic (exact) mass is 575 g/mol. The first-order chi connectivity index (χ1) is 16.7. The van der Waals surface area contributed by atoms with Crippen LogP contribution in [0.2, 0.25) is 4.34 Å². The summed E-state index contributed by atoms with van der Waals surface area (Å²) >= 11 is 11.1. The van der Waals surface area contributed by atoms with Crippen LogP contribution in [0.3, 0.4) is 0 Å². The molecule has 1 amide bonds. The quantitative estimate of drug-likeness (QED) is 0.0812. The minimum absolute atomic E-state index is 0.0477. The van der Waals surface area contributed by atoms with E-state index >= 15 is 0 Å². The van der Waals surface area contributed by atoms with Crippen molar-refractivity contribution in [3.63, 3.8) is 0 Å². The molecule has 2 atom stereocenters. The molecule has 4 heterocycles. The van der Waals surface area contributed by atoms with Crippen LogP contribution < -0.4 is 11.1 Å². The van der Waals surface area contributed by atoms with Crippen LogP contribution in [-0.4, -0.2) is 71.9 Å². The van der Waals surface area contributed by atoms with Crippen LogP contribution in [0.15, 0.2) is 20.1 Å². The van der Waals surface area contributed by atoms with E-state index in [0.717, 1.165) is 15.7 Å². The zero-order valence-electron chi connectivity index (χ0n) is 17.9. The number of carboxylic acid groups (broad SMARTS) is 1. The Morgan fingerprint density at radius 3 is 2.71 bits per heavy atom. The van der Waals surface area contributed by atoms with Gasteiger partial charge in [0.1, 0.15) is 15.7 Å². The fourth-order valence-corrected chi connectivity index (χ4v) is 8.00. The van der Waals surface area contributed by atoms with Crippen LogP contribution in [0.4, 0.5) is 10.3 Å². The van der Waals surface area contributed by atoms with E-state index in [1.54, 1.807) is 7.05 Å². The number of carboxylic acids is 1. The second kappa shape index (κ2) is 10.7. The van der Waals surface area contributed by atoms with Crippen molar-refractivity contribution in [3.8, 4) is 0 Å². The van der Waals surface area contributed by atoms with E-state index in [4.69, 9.17) is 17.3 Å². The number of aromatic nitrogens is 3. The Morgan fingerprint density at radius 1 is 1.34 bits per heavy atom. The van der Waals surface area contributed by atoms with Gasteiger partial charge in [-0.05, 0) is 12.8 Å². The molecule has 2 unspecified atom stereocenters. The van der Waals surface area contributed by atoms with Crippen molar-refractivity contribution >= 4 is 91.4 Å². The third-order valence-corrected chi connectivity index (χ3v) is 9.80. The summed E-state index contributed by atoms with van der Waals surface area (Å²) in [6.45, 7) is 0. The molecule has 12 nitrogen and oxygen atoms in total. The van der Waals surface area contributed by atoms with Crippen molar-refractivity contribution in [3.05, 3.63) is 20.6 Å². The first-order valence-electron chi connectivity index (χ1n) is 9.98. The van der Waals surface area contributed by atoms with Crippen molar-refractivity contribution in [1.82, 2.24) is 20.1 Å². The number of carbonyl (C=O) groups excluding carboxylic acids is 2. The number of carbonyl (C=O) groups is 3. The topological polar surface area (TPSA) is 184 Å². The van der Waals surface area contributed by atoms with Crippen molar-refractivity contribution in [2.45, 2.75) is 29.6 Å². The molecule has 0 aliphatic carbocycles. The number of halogens is 1. The molecule has 5 N–H and O–H groups in total. The number of hydrogen-bond acceptors (Lipinski definition) is 14. The molecule has 2 aromatic rings. The van der Waals surface area contributed by atoms with Gasteiger partial charge >= 0.3 is 5.97 Å². The molecule has 1 saturated heterocycles. The van der Waals surface area contributed by atoms with Gasteiger partial charge in [0.05, 0.1) is 11.0 Å². The van der Waals surface area contributed by atoms with E-state index in [2.05, 4.69) is 25.7 Å². The van der Waals surface area contributed by atoms with Crippen molar-refractivity contribution in [2.24, 2.45) is 11.1 Å². The minimum atomic E-state index is -1.20. The highest BCUT2D eigenvalue weighted by Gasteiger charge is 2.53. The summed E-state index contributed by atoms with van der Waals surface area (Å²) < 4.78 is 0.837. The molecule has 4 rings (SSSR count). The number of allylic oxidation sites excluding steroid dienone is 1. The molecule has 0 aromatic carbocycles. The summed E-state index contributed by atoms with van der Waals surface area (Å²) in [5, 5.41) is 34.4. The summed E-state index contributed by atoms with van der Waals surface area (Å²) in [4.78, 5) is 43.5. The Bertz CT molecular complexity index is 1250. The molecular weight excluding hydrogens is 558 g/mol. The maximum atomic E-state index is 12.9. The highest BCUT2D eigenvalue weighted by molar-refractivity contribution is 8.18. The lowest BCUT2D eigenvalue weighted by atomic mass is 9.77. The van der Waals surface area contributed by atoms with E-state index in [-0.39, 0.29) is 33.0 Å². The van der Waals surface area contributed by atoms with Crippen LogP contribution in [0.25, 0.3) is 0 Å². The van der Waals surface area contributed by atoms with Gasteiger partial charge in [-0.1, -0.05) is 51.2 Å². The number of β-lactam (4-membered cyclic amide) rings is 1. The predicted octanol–water partition coefficient (Wildman–Crippen LogP) is 2.81. The number of thioether (sulfide) groups is 2. The first-order valence-corrected chi connectivity index (χ1v) is 14.0. The van der Waals surface area contributed by atoms with Gasteiger partial charge in [0.25, 0.3) is 0 Å². The molecule has 186 valence electrons. The van der Waals surface area contributed by atoms with Gasteiger partial charge in [0, 0.05) is 24.4 Å². The number of nitrogen functional groups attached to an aromatic ring is 1. The Morgan fingerprint density at radius 2 is 2.11 bits per heavy atom. The number of rotatable bonds is 10. The Hall–Kier alpha value is -2.40. The fraction of sp³-hybridized carbons (Fsp3) is 0.389. The Balaban J connectivity index is 1.43.